The minimum Gasteiger partial charge on any atom is -0.496 e. The third-order valence-corrected chi connectivity index (χ3v) is 15.3. The fraction of sp³-hybridized carbons (Fsp3) is 0.690. The quantitative estimate of drug-likeness (QED) is 0.246. The Hall–Kier alpha value is -1.30. The molecule has 0 saturated carbocycles. The molecule has 6 nitrogen and oxygen atoms in total. The number of ether oxygens (including phenoxy) is 3. The van der Waals surface area contributed by atoms with Crippen molar-refractivity contribution < 1.29 is 27.9 Å². The number of ketones is 1. The Morgan fingerprint density at radius 1 is 1.00 bits per heavy atom. The second-order valence-corrected chi connectivity index (χ2v) is 22.6. The van der Waals surface area contributed by atoms with E-state index in [0.29, 0.717) is 34.4 Å². The number of benzene rings is 1. The molecule has 0 spiro atoms. The summed E-state index contributed by atoms with van der Waals surface area (Å²) in [7, 11) is -2.74. The standard InChI is InChI=1S/C29H46O6Si2/c1-17(2)37(18(3)4,19(5)6)34-25-16-24-27(33-25)22(15-20(7)32-24)29(35-36(9,10)11)21-13-12-14-23(31-8)26(21)28(29)30/h12-15,17-20,24-25,27H,16H2,1-11H3/t20-,24-,25?,27-,29?/m0/s1. The van der Waals surface area contributed by atoms with Crippen LogP contribution in [0.25, 0.3) is 0 Å². The van der Waals surface area contributed by atoms with Gasteiger partial charge in [-0.2, -0.15) is 0 Å². The monoisotopic (exact) mass is 546 g/mol. The van der Waals surface area contributed by atoms with Gasteiger partial charge in [-0.1, -0.05) is 59.8 Å². The molecule has 1 aromatic carbocycles. The topological polar surface area (TPSA) is 63.2 Å². The first-order chi connectivity index (χ1) is 17.2. The lowest BCUT2D eigenvalue weighted by atomic mass is 9.65. The molecule has 2 unspecified atom stereocenters. The fourth-order valence-electron chi connectivity index (χ4n) is 7.08. The van der Waals surface area contributed by atoms with Crippen molar-refractivity contribution in [2.75, 3.05) is 7.11 Å². The minimum atomic E-state index is -2.17. The smallest absolute Gasteiger partial charge is 0.206 e. The van der Waals surface area contributed by atoms with Gasteiger partial charge in [-0.25, -0.2) is 0 Å². The molecule has 1 fully saturated rings. The number of methoxy groups -OCH3 is 1. The van der Waals surface area contributed by atoms with Crippen LogP contribution in [0.2, 0.25) is 36.3 Å². The van der Waals surface area contributed by atoms with Crippen molar-refractivity contribution in [3.8, 4) is 5.75 Å². The van der Waals surface area contributed by atoms with Crippen molar-refractivity contribution in [2.24, 2.45) is 0 Å². The molecule has 2 heterocycles. The number of rotatable bonds is 9. The Balaban J connectivity index is 1.75. The third kappa shape index (κ3) is 4.61. The van der Waals surface area contributed by atoms with Crippen LogP contribution in [0.15, 0.2) is 29.8 Å². The summed E-state index contributed by atoms with van der Waals surface area (Å²) in [5.41, 5.74) is 2.50. The molecule has 3 aliphatic rings. The molecule has 0 aromatic heterocycles. The van der Waals surface area contributed by atoms with E-state index < -0.39 is 28.3 Å². The molecule has 8 heteroatoms. The second-order valence-electron chi connectivity index (χ2n) is 12.8. The predicted molar refractivity (Wildman–Crippen MR) is 151 cm³/mol. The SMILES string of the molecule is COc1cccc2c1C(=O)C2(O[Si](C)(C)C)C1=C[C@H](C)O[C@H]2CC(O[Si](C(C)C)(C(C)C)C(C)C)O[C@@H]12. The summed E-state index contributed by atoms with van der Waals surface area (Å²) in [6.07, 6.45) is 1.57. The first kappa shape index (κ1) is 28.7. The van der Waals surface area contributed by atoms with Crippen molar-refractivity contribution in [3.63, 3.8) is 0 Å². The molecular weight excluding hydrogens is 500 g/mol. The van der Waals surface area contributed by atoms with Gasteiger partial charge in [0.25, 0.3) is 0 Å². The van der Waals surface area contributed by atoms with E-state index in [9.17, 15) is 4.79 Å². The molecule has 1 aliphatic carbocycles. The van der Waals surface area contributed by atoms with Gasteiger partial charge in [0.15, 0.2) is 20.2 Å². The second kappa shape index (κ2) is 10.0. The van der Waals surface area contributed by atoms with Crippen molar-refractivity contribution in [2.45, 2.75) is 121 Å². The summed E-state index contributed by atoms with van der Waals surface area (Å²) in [5, 5.41) is 0. The Bertz CT molecular complexity index is 1040. The highest BCUT2D eigenvalue weighted by atomic mass is 28.4. The van der Waals surface area contributed by atoms with Gasteiger partial charge in [-0.3, -0.25) is 4.79 Å². The number of Topliss-reactive ketones (excluding diaryl/α,β-unsaturated/α-hetero) is 1. The summed E-state index contributed by atoms with van der Waals surface area (Å²) in [6.45, 7) is 22.1. The molecule has 1 saturated heterocycles. The van der Waals surface area contributed by atoms with E-state index in [-0.39, 0.29) is 24.3 Å². The van der Waals surface area contributed by atoms with Crippen LogP contribution in [-0.4, -0.2) is 54.1 Å². The van der Waals surface area contributed by atoms with Gasteiger partial charge in [0.05, 0.1) is 24.9 Å². The van der Waals surface area contributed by atoms with E-state index in [2.05, 4.69) is 61.2 Å². The first-order valence-corrected chi connectivity index (χ1v) is 19.4. The maximum Gasteiger partial charge on any atom is 0.206 e. The average molecular weight is 547 g/mol. The third-order valence-electron chi connectivity index (χ3n) is 8.25. The van der Waals surface area contributed by atoms with Gasteiger partial charge in [-0.05, 0) is 49.3 Å². The van der Waals surface area contributed by atoms with Gasteiger partial charge < -0.3 is 23.1 Å². The lowest BCUT2D eigenvalue weighted by molar-refractivity contribution is -0.0969. The Labute approximate surface area is 225 Å². The van der Waals surface area contributed by atoms with E-state index in [0.717, 1.165) is 11.1 Å². The number of hydrogen-bond donors (Lipinski definition) is 0. The van der Waals surface area contributed by atoms with Crippen molar-refractivity contribution in [3.05, 3.63) is 41.0 Å². The predicted octanol–water partition coefficient (Wildman–Crippen LogP) is 6.96. The zero-order valence-electron chi connectivity index (χ0n) is 24.5. The molecule has 206 valence electrons. The molecule has 2 aliphatic heterocycles. The van der Waals surface area contributed by atoms with E-state index >= 15 is 0 Å². The highest BCUT2D eigenvalue weighted by molar-refractivity contribution is 6.77. The summed E-state index contributed by atoms with van der Waals surface area (Å²) in [6, 6.07) is 5.76. The summed E-state index contributed by atoms with van der Waals surface area (Å²) < 4.78 is 32.5. The molecule has 37 heavy (non-hydrogen) atoms. The molecule has 0 amide bonds. The number of hydrogen-bond acceptors (Lipinski definition) is 6. The Morgan fingerprint density at radius 2 is 1.62 bits per heavy atom. The van der Waals surface area contributed by atoms with Gasteiger partial charge in [0.1, 0.15) is 11.9 Å². The van der Waals surface area contributed by atoms with Crippen LogP contribution in [0, 0.1) is 0 Å². The zero-order valence-corrected chi connectivity index (χ0v) is 26.5. The summed E-state index contributed by atoms with van der Waals surface area (Å²) in [5.74, 6) is 0.536. The van der Waals surface area contributed by atoms with Crippen LogP contribution < -0.4 is 4.74 Å². The number of fused-ring (bicyclic) bond motifs is 2. The van der Waals surface area contributed by atoms with Gasteiger partial charge >= 0.3 is 0 Å². The van der Waals surface area contributed by atoms with Crippen molar-refractivity contribution >= 4 is 22.4 Å². The molecule has 0 radical (unpaired) electrons. The normalized spacial score (nSPS) is 29.9. The van der Waals surface area contributed by atoms with Crippen LogP contribution in [0.3, 0.4) is 0 Å². The highest BCUT2D eigenvalue weighted by Crippen LogP contribution is 2.56. The maximum absolute atomic E-state index is 14.1. The molecule has 0 N–H and O–H groups in total. The first-order valence-electron chi connectivity index (χ1n) is 13.8. The molecule has 4 rings (SSSR count). The van der Waals surface area contributed by atoms with Crippen molar-refractivity contribution in [1.29, 1.82) is 0 Å². The van der Waals surface area contributed by atoms with Crippen LogP contribution in [0.5, 0.6) is 5.75 Å². The van der Waals surface area contributed by atoms with E-state index in [1.165, 1.54) is 0 Å². The number of carbonyl (C=O) groups is 1. The molecule has 1 aromatic rings. The Kier molecular flexibility index (Phi) is 7.78. The highest BCUT2D eigenvalue weighted by Gasteiger charge is 2.63. The van der Waals surface area contributed by atoms with Gasteiger partial charge in [-0.15, -0.1) is 0 Å². The van der Waals surface area contributed by atoms with Crippen LogP contribution in [-0.2, 0) is 23.9 Å². The van der Waals surface area contributed by atoms with Crippen LogP contribution in [0.4, 0.5) is 0 Å². The average Bonchev–Trinajstić information content (AvgIpc) is 3.20. The fourth-order valence-corrected chi connectivity index (χ4v) is 13.7. The van der Waals surface area contributed by atoms with E-state index in [1.807, 2.05) is 31.2 Å². The number of carbonyl (C=O) groups excluding carboxylic acids is 1. The summed E-state index contributed by atoms with van der Waals surface area (Å²) in [4.78, 5) is 14.1. The summed E-state index contributed by atoms with van der Waals surface area (Å²) >= 11 is 0. The van der Waals surface area contributed by atoms with Crippen LogP contribution in [0.1, 0.15) is 70.8 Å². The van der Waals surface area contributed by atoms with Crippen LogP contribution >= 0.6 is 0 Å². The zero-order chi connectivity index (χ0) is 27.5. The lowest BCUT2D eigenvalue weighted by Crippen LogP contribution is -2.58. The molecular formula is C29H46O6Si2. The van der Waals surface area contributed by atoms with E-state index in [4.69, 9.17) is 23.1 Å². The van der Waals surface area contributed by atoms with Gasteiger partial charge in [0, 0.05) is 17.6 Å². The molecule has 5 atom stereocenters. The minimum absolute atomic E-state index is 0.0512. The Morgan fingerprint density at radius 3 is 2.16 bits per heavy atom. The maximum atomic E-state index is 14.1. The van der Waals surface area contributed by atoms with Crippen molar-refractivity contribution in [1.82, 2.24) is 0 Å². The largest absolute Gasteiger partial charge is 0.496 e. The molecule has 0 bridgehead atoms. The van der Waals surface area contributed by atoms with E-state index in [1.54, 1.807) is 7.11 Å². The van der Waals surface area contributed by atoms with Gasteiger partial charge in [0.2, 0.25) is 14.1 Å². The lowest BCUT2D eigenvalue weighted by Gasteiger charge is -2.50.